The zero-order valence-electron chi connectivity index (χ0n) is 47.8. The Balaban J connectivity index is 3.46. The Bertz CT molecular complexity index is 1070. The molecule has 0 radical (unpaired) electrons. The van der Waals surface area contributed by atoms with Crippen LogP contribution in [0.25, 0.3) is 0 Å². The second-order valence-corrected chi connectivity index (χ2v) is 22.2. The molecular formula is C66H127NO3. The maximum absolute atomic E-state index is 12.5. The van der Waals surface area contributed by atoms with Crippen LogP contribution in [-0.2, 0) is 4.79 Å². The summed E-state index contributed by atoms with van der Waals surface area (Å²) in [6.07, 6.45) is 85.0. The Hall–Kier alpha value is -1.39. The minimum Gasteiger partial charge on any atom is -0.394 e. The molecule has 0 rings (SSSR count). The van der Waals surface area contributed by atoms with E-state index in [4.69, 9.17) is 0 Å². The lowest BCUT2D eigenvalue weighted by molar-refractivity contribution is -0.123. The van der Waals surface area contributed by atoms with Gasteiger partial charge in [-0.3, -0.25) is 4.79 Å². The third kappa shape index (κ3) is 57.5. The summed E-state index contributed by atoms with van der Waals surface area (Å²) in [4.78, 5) is 12.5. The summed E-state index contributed by atoms with van der Waals surface area (Å²) in [5, 5.41) is 23.2. The predicted molar refractivity (Wildman–Crippen MR) is 313 cm³/mol. The van der Waals surface area contributed by atoms with Crippen molar-refractivity contribution in [2.24, 2.45) is 0 Å². The number of hydrogen-bond acceptors (Lipinski definition) is 3. The number of rotatable bonds is 60. The molecule has 1 amide bonds. The number of unbranched alkanes of at least 4 members (excludes halogenated alkanes) is 49. The summed E-state index contributed by atoms with van der Waals surface area (Å²) in [7, 11) is 0. The van der Waals surface area contributed by atoms with E-state index in [9.17, 15) is 15.0 Å². The summed E-state index contributed by atoms with van der Waals surface area (Å²) in [5.41, 5.74) is 0. The number of nitrogens with one attached hydrogen (secondary N) is 1. The van der Waals surface area contributed by atoms with E-state index in [1.54, 1.807) is 6.08 Å². The highest BCUT2D eigenvalue weighted by molar-refractivity contribution is 5.76. The molecule has 0 saturated heterocycles. The highest BCUT2D eigenvalue weighted by Crippen LogP contribution is 2.18. The molecule has 3 N–H and O–H groups in total. The second kappa shape index (κ2) is 61.9. The molecule has 4 nitrogen and oxygen atoms in total. The topological polar surface area (TPSA) is 69.6 Å². The Morgan fingerprint density at radius 3 is 0.829 bits per heavy atom. The first-order chi connectivity index (χ1) is 34.7. The van der Waals surface area contributed by atoms with Gasteiger partial charge in [-0.2, -0.15) is 0 Å². The number of carbonyl (C=O) groups is 1. The first-order valence-electron chi connectivity index (χ1n) is 32.2. The highest BCUT2D eigenvalue weighted by atomic mass is 16.3. The third-order valence-corrected chi connectivity index (χ3v) is 15.1. The molecule has 0 saturated carbocycles. The fourth-order valence-corrected chi connectivity index (χ4v) is 10.2. The Morgan fingerprint density at radius 1 is 0.329 bits per heavy atom. The quantitative estimate of drug-likeness (QED) is 0.0420. The molecule has 0 aromatic rings. The number of hydrogen-bond donors (Lipinski definition) is 3. The zero-order chi connectivity index (χ0) is 50.6. The van der Waals surface area contributed by atoms with Crippen molar-refractivity contribution in [3.8, 4) is 0 Å². The van der Waals surface area contributed by atoms with Crippen molar-refractivity contribution in [3.05, 3.63) is 36.5 Å². The van der Waals surface area contributed by atoms with Gasteiger partial charge in [-0.05, 0) is 57.8 Å². The van der Waals surface area contributed by atoms with Crippen LogP contribution < -0.4 is 5.32 Å². The number of aliphatic hydroxyl groups is 2. The van der Waals surface area contributed by atoms with Crippen LogP contribution in [0.2, 0.25) is 0 Å². The number of amides is 1. The zero-order valence-corrected chi connectivity index (χ0v) is 47.8. The number of aliphatic hydroxyl groups excluding tert-OH is 2. The van der Waals surface area contributed by atoms with Crippen LogP contribution in [0, 0.1) is 0 Å². The maximum atomic E-state index is 12.5. The van der Waals surface area contributed by atoms with Crippen molar-refractivity contribution in [2.75, 3.05) is 6.61 Å². The number of carbonyl (C=O) groups excluding carboxylic acids is 1. The molecule has 0 spiro atoms. The first-order valence-corrected chi connectivity index (χ1v) is 32.2. The van der Waals surface area contributed by atoms with Gasteiger partial charge in [0.2, 0.25) is 5.91 Å². The van der Waals surface area contributed by atoms with E-state index in [0.717, 1.165) is 32.1 Å². The van der Waals surface area contributed by atoms with Gasteiger partial charge >= 0.3 is 0 Å². The summed E-state index contributed by atoms with van der Waals surface area (Å²) in [6, 6.07) is -0.639. The molecule has 70 heavy (non-hydrogen) atoms. The van der Waals surface area contributed by atoms with Gasteiger partial charge in [-0.25, -0.2) is 0 Å². The lowest BCUT2D eigenvalue weighted by Gasteiger charge is -2.19. The van der Waals surface area contributed by atoms with E-state index in [2.05, 4.69) is 43.5 Å². The van der Waals surface area contributed by atoms with Gasteiger partial charge in [-0.15, -0.1) is 0 Å². The molecule has 0 heterocycles. The standard InChI is InChI=1S/C66H127NO3/c1-3-5-7-9-11-13-15-17-19-21-23-25-27-29-31-32-33-34-36-38-40-42-44-46-48-50-52-54-56-58-60-62-66(70)67-64(63-68)65(69)61-59-57-55-53-51-49-47-45-43-41-39-37-35-30-28-26-24-22-20-18-16-14-12-10-8-6-4-2/h21,23,51,53,59,61,64-65,68-69H,3-20,22,24-50,52,54-58,60,62-63H2,1-2H3,(H,67,70)/b23-21-,53-51+,61-59+. The summed E-state index contributed by atoms with van der Waals surface area (Å²) < 4.78 is 0. The average molecular weight is 983 g/mol. The fraction of sp³-hybridized carbons (Fsp3) is 0.894. The van der Waals surface area contributed by atoms with Gasteiger partial charge in [0.25, 0.3) is 0 Å². The first kappa shape index (κ1) is 68.6. The van der Waals surface area contributed by atoms with E-state index in [0.29, 0.717) is 6.42 Å². The van der Waals surface area contributed by atoms with Crippen molar-refractivity contribution in [1.29, 1.82) is 0 Å². The minimum atomic E-state index is -0.862. The van der Waals surface area contributed by atoms with Crippen LogP contribution in [0.1, 0.15) is 361 Å². The Morgan fingerprint density at radius 2 is 0.557 bits per heavy atom. The van der Waals surface area contributed by atoms with E-state index in [1.807, 2.05) is 6.08 Å². The lowest BCUT2D eigenvalue weighted by Crippen LogP contribution is -2.45. The fourth-order valence-electron chi connectivity index (χ4n) is 10.2. The van der Waals surface area contributed by atoms with E-state index in [-0.39, 0.29) is 12.5 Å². The molecular weight excluding hydrogens is 855 g/mol. The summed E-state index contributed by atoms with van der Waals surface area (Å²) in [6.45, 7) is 4.34. The molecule has 0 aliphatic carbocycles. The SMILES string of the molecule is CCCCCCCCCC/C=C\CCCCCCCCCCCCCCCCCCCCCC(=O)NC(CO)C(O)/C=C/CC/C=C/CCCCCCCCCCCCCCCCCCCCCCC. The van der Waals surface area contributed by atoms with Crippen molar-refractivity contribution >= 4 is 5.91 Å². The van der Waals surface area contributed by atoms with Crippen molar-refractivity contribution in [2.45, 2.75) is 373 Å². The van der Waals surface area contributed by atoms with Crippen LogP contribution in [0.3, 0.4) is 0 Å². The molecule has 2 unspecified atom stereocenters. The van der Waals surface area contributed by atoms with Crippen molar-refractivity contribution < 1.29 is 15.0 Å². The van der Waals surface area contributed by atoms with Gasteiger partial charge < -0.3 is 15.5 Å². The highest BCUT2D eigenvalue weighted by Gasteiger charge is 2.18. The van der Waals surface area contributed by atoms with Crippen LogP contribution in [0.5, 0.6) is 0 Å². The van der Waals surface area contributed by atoms with Crippen LogP contribution in [-0.4, -0.2) is 34.9 Å². The van der Waals surface area contributed by atoms with Crippen molar-refractivity contribution in [1.82, 2.24) is 5.32 Å². The van der Waals surface area contributed by atoms with Gasteiger partial charge in [-0.1, -0.05) is 333 Å². The molecule has 2 atom stereocenters. The van der Waals surface area contributed by atoms with Crippen LogP contribution in [0.15, 0.2) is 36.5 Å². The molecule has 0 aliphatic rings. The second-order valence-electron chi connectivity index (χ2n) is 22.2. The van der Waals surface area contributed by atoms with Crippen molar-refractivity contribution in [3.63, 3.8) is 0 Å². The lowest BCUT2D eigenvalue weighted by atomic mass is 10.0. The molecule has 0 aromatic carbocycles. The van der Waals surface area contributed by atoms with Gasteiger partial charge in [0, 0.05) is 6.42 Å². The van der Waals surface area contributed by atoms with Gasteiger partial charge in [0.05, 0.1) is 18.8 Å². The van der Waals surface area contributed by atoms with Gasteiger partial charge in [0.1, 0.15) is 0 Å². The number of allylic oxidation sites excluding steroid dienone is 5. The Labute approximate surface area is 440 Å². The summed E-state index contributed by atoms with van der Waals surface area (Å²) >= 11 is 0. The molecule has 0 bridgehead atoms. The van der Waals surface area contributed by atoms with Crippen LogP contribution in [0.4, 0.5) is 0 Å². The monoisotopic (exact) mass is 982 g/mol. The minimum absolute atomic E-state index is 0.0666. The average Bonchev–Trinajstić information content (AvgIpc) is 3.36. The molecule has 0 aromatic heterocycles. The largest absolute Gasteiger partial charge is 0.394 e. The van der Waals surface area contributed by atoms with Crippen LogP contribution >= 0.6 is 0 Å². The predicted octanol–water partition coefficient (Wildman–Crippen LogP) is 21.6. The van der Waals surface area contributed by atoms with E-state index >= 15 is 0 Å². The molecule has 0 aliphatic heterocycles. The smallest absolute Gasteiger partial charge is 0.220 e. The molecule has 0 fully saturated rings. The Kier molecular flexibility index (Phi) is 60.7. The normalized spacial score (nSPS) is 12.9. The van der Waals surface area contributed by atoms with E-state index in [1.165, 1.54) is 308 Å². The molecule has 4 heteroatoms. The van der Waals surface area contributed by atoms with E-state index < -0.39 is 12.1 Å². The maximum Gasteiger partial charge on any atom is 0.220 e. The molecule has 414 valence electrons. The van der Waals surface area contributed by atoms with Gasteiger partial charge in [0.15, 0.2) is 0 Å². The third-order valence-electron chi connectivity index (χ3n) is 15.1. The summed E-state index contributed by atoms with van der Waals surface area (Å²) in [5.74, 6) is -0.0666.